The van der Waals surface area contributed by atoms with Gasteiger partial charge in [-0.2, -0.15) is 5.10 Å². The van der Waals surface area contributed by atoms with E-state index < -0.39 is 0 Å². The SMILES string of the molecule is CN(C)c1ccc(-c2ccn[nH]2)cc1N. The van der Waals surface area contributed by atoms with Crippen LogP contribution in [-0.2, 0) is 0 Å². The van der Waals surface area contributed by atoms with Gasteiger partial charge in [0.05, 0.1) is 17.1 Å². The van der Waals surface area contributed by atoms with Crippen LogP contribution >= 0.6 is 0 Å². The highest BCUT2D eigenvalue weighted by Gasteiger charge is 2.04. The monoisotopic (exact) mass is 202 g/mol. The van der Waals surface area contributed by atoms with E-state index in [9.17, 15) is 0 Å². The van der Waals surface area contributed by atoms with Crippen LogP contribution in [0.25, 0.3) is 11.3 Å². The number of H-pyrrole nitrogens is 1. The number of nitrogens with zero attached hydrogens (tertiary/aromatic N) is 2. The van der Waals surface area contributed by atoms with Crippen LogP contribution in [0.5, 0.6) is 0 Å². The summed E-state index contributed by atoms with van der Waals surface area (Å²) >= 11 is 0. The maximum absolute atomic E-state index is 5.95. The molecule has 0 amide bonds. The van der Waals surface area contributed by atoms with Gasteiger partial charge in [0.25, 0.3) is 0 Å². The van der Waals surface area contributed by atoms with Crippen LogP contribution in [0.2, 0.25) is 0 Å². The molecule has 0 unspecified atom stereocenters. The molecule has 0 aliphatic rings. The first kappa shape index (κ1) is 9.58. The van der Waals surface area contributed by atoms with Crippen molar-refractivity contribution in [3.8, 4) is 11.3 Å². The van der Waals surface area contributed by atoms with Crippen molar-refractivity contribution >= 4 is 11.4 Å². The van der Waals surface area contributed by atoms with Crippen molar-refractivity contribution in [1.82, 2.24) is 10.2 Å². The Morgan fingerprint density at radius 3 is 2.60 bits per heavy atom. The molecular weight excluding hydrogens is 188 g/mol. The maximum Gasteiger partial charge on any atom is 0.0650 e. The summed E-state index contributed by atoms with van der Waals surface area (Å²) < 4.78 is 0. The number of hydrogen-bond acceptors (Lipinski definition) is 3. The number of aromatic nitrogens is 2. The molecule has 0 aliphatic heterocycles. The van der Waals surface area contributed by atoms with Crippen molar-refractivity contribution < 1.29 is 0 Å². The topological polar surface area (TPSA) is 57.9 Å². The summed E-state index contributed by atoms with van der Waals surface area (Å²) in [5.74, 6) is 0. The summed E-state index contributed by atoms with van der Waals surface area (Å²) in [6.45, 7) is 0. The molecule has 15 heavy (non-hydrogen) atoms. The van der Waals surface area contributed by atoms with E-state index in [0.29, 0.717) is 0 Å². The van der Waals surface area contributed by atoms with E-state index in [0.717, 1.165) is 22.6 Å². The van der Waals surface area contributed by atoms with Crippen molar-refractivity contribution in [3.05, 3.63) is 30.5 Å². The molecule has 2 rings (SSSR count). The third-order valence-electron chi connectivity index (χ3n) is 2.32. The van der Waals surface area contributed by atoms with E-state index in [-0.39, 0.29) is 0 Å². The Morgan fingerprint density at radius 1 is 1.27 bits per heavy atom. The molecule has 1 aromatic heterocycles. The number of rotatable bonds is 2. The molecule has 0 atom stereocenters. The normalized spacial score (nSPS) is 10.3. The minimum absolute atomic E-state index is 0.770. The quantitative estimate of drug-likeness (QED) is 0.729. The second-order valence-corrected chi connectivity index (χ2v) is 3.64. The van der Waals surface area contributed by atoms with Crippen LogP contribution in [0.4, 0.5) is 11.4 Å². The second kappa shape index (κ2) is 3.65. The fourth-order valence-electron chi connectivity index (χ4n) is 1.55. The number of nitrogen functional groups attached to an aromatic ring is 1. The van der Waals surface area contributed by atoms with Crippen molar-refractivity contribution in [2.45, 2.75) is 0 Å². The Balaban J connectivity index is 2.42. The summed E-state index contributed by atoms with van der Waals surface area (Å²) in [7, 11) is 3.95. The van der Waals surface area contributed by atoms with E-state index in [1.807, 2.05) is 43.3 Å². The van der Waals surface area contributed by atoms with Gasteiger partial charge >= 0.3 is 0 Å². The average Bonchev–Trinajstić information content (AvgIpc) is 2.69. The van der Waals surface area contributed by atoms with E-state index in [1.54, 1.807) is 6.20 Å². The van der Waals surface area contributed by atoms with Gasteiger partial charge < -0.3 is 10.6 Å². The lowest BCUT2D eigenvalue weighted by Gasteiger charge is -2.15. The van der Waals surface area contributed by atoms with E-state index >= 15 is 0 Å². The summed E-state index contributed by atoms with van der Waals surface area (Å²) in [6.07, 6.45) is 1.73. The Morgan fingerprint density at radius 2 is 2.07 bits per heavy atom. The molecule has 1 aromatic carbocycles. The summed E-state index contributed by atoms with van der Waals surface area (Å²) in [5, 5.41) is 6.82. The predicted octanol–water partition coefficient (Wildman–Crippen LogP) is 1.72. The van der Waals surface area contributed by atoms with Gasteiger partial charge in [-0.1, -0.05) is 6.07 Å². The summed E-state index contributed by atoms with van der Waals surface area (Å²) in [4.78, 5) is 1.99. The first-order valence-corrected chi connectivity index (χ1v) is 4.75. The first-order valence-electron chi connectivity index (χ1n) is 4.75. The second-order valence-electron chi connectivity index (χ2n) is 3.64. The highest BCUT2D eigenvalue weighted by Crippen LogP contribution is 2.26. The molecular formula is C11H14N4. The molecule has 0 spiro atoms. The molecule has 0 saturated heterocycles. The maximum atomic E-state index is 5.95. The third kappa shape index (κ3) is 1.79. The summed E-state index contributed by atoms with van der Waals surface area (Å²) in [5.41, 5.74) is 9.78. The zero-order valence-corrected chi connectivity index (χ0v) is 8.86. The van der Waals surface area contributed by atoms with Crippen molar-refractivity contribution in [2.75, 3.05) is 24.7 Å². The lowest BCUT2D eigenvalue weighted by molar-refractivity contribution is 1.09. The zero-order chi connectivity index (χ0) is 10.8. The highest BCUT2D eigenvalue weighted by molar-refractivity contribution is 5.74. The van der Waals surface area contributed by atoms with Gasteiger partial charge in [0.1, 0.15) is 0 Å². The number of anilines is 2. The fourth-order valence-corrected chi connectivity index (χ4v) is 1.55. The molecule has 78 valence electrons. The van der Waals surface area contributed by atoms with Crippen LogP contribution in [-0.4, -0.2) is 24.3 Å². The molecule has 2 aromatic rings. The molecule has 0 aliphatic carbocycles. The third-order valence-corrected chi connectivity index (χ3v) is 2.32. The van der Waals surface area contributed by atoms with Gasteiger partial charge in [-0.3, -0.25) is 5.10 Å². The Hall–Kier alpha value is -1.97. The highest BCUT2D eigenvalue weighted by atomic mass is 15.1. The van der Waals surface area contributed by atoms with Crippen LogP contribution in [0.15, 0.2) is 30.5 Å². The summed E-state index contributed by atoms with van der Waals surface area (Å²) in [6, 6.07) is 7.90. The fraction of sp³-hybridized carbons (Fsp3) is 0.182. The predicted molar refractivity (Wildman–Crippen MR) is 62.8 cm³/mol. The zero-order valence-electron chi connectivity index (χ0n) is 8.86. The van der Waals surface area contributed by atoms with Crippen LogP contribution in [0.1, 0.15) is 0 Å². The van der Waals surface area contributed by atoms with Crippen molar-refractivity contribution in [2.24, 2.45) is 0 Å². The van der Waals surface area contributed by atoms with Gasteiger partial charge in [-0.25, -0.2) is 0 Å². The van der Waals surface area contributed by atoms with Gasteiger partial charge in [-0.15, -0.1) is 0 Å². The number of aromatic amines is 1. The standard InChI is InChI=1S/C11H14N4/c1-15(2)11-4-3-8(7-9(11)12)10-5-6-13-14-10/h3-7H,12H2,1-2H3,(H,13,14). The molecule has 4 nitrogen and oxygen atoms in total. The lowest BCUT2D eigenvalue weighted by Crippen LogP contribution is -2.10. The molecule has 3 N–H and O–H groups in total. The number of benzene rings is 1. The van der Waals surface area contributed by atoms with Gasteiger partial charge in [-0.05, 0) is 18.2 Å². The smallest absolute Gasteiger partial charge is 0.0650 e. The molecule has 0 fully saturated rings. The minimum atomic E-state index is 0.770. The molecule has 4 heteroatoms. The van der Waals surface area contributed by atoms with Gasteiger partial charge in [0, 0.05) is 25.9 Å². The van der Waals surface area contributed by atoms with Crippen molar-refractivity contribution in [1.29, 1.82) is 0 Å². The van der Waals surface area contributed by atoms with E-state index in [1.165, 1.54) is 0 Å². The number of hydrogen-bond donors (Lipinski definition) is 2. The van der Waals surface area contributed by atoms with Gasteiger partial charge in [0.15, 0.2) is 0 Å². The van der Waals surface area contributed by atoms with Crippen LogP contribution in [0, 0.1) is 0 Å². The Labute approximate surface area is 88.7 Å². The number of nitrogens with one attached hydrogen (secondary N) is 1. The van der Waals surface area contributed by atoms with Crippen LogP contribution in [0.3, 0.4) is 0 Å². The number of nitrogens with two attached hydrogens (primary N) is 1. The molecule has 1 heterocycles. The largest absolute Gasteiger partial charge is 0.397 e. The first-order chi connectivity index (χ1) is 7.18. The lowest BCUT2D eigenvalue weighted by atomic mass is 10.1. The Bertz CT molecular complexity index is 446. The molecule has 0 radical (unpaired) electrons. The van der Waals surface area contributed by atoms with E-state index in [4.69, 9.17) is 5.73 Å². The Kier molecular flexibility index (Phi) is 2.33. The van der Waals surface area contributed by atoms with E-state index in [2.05, 4.69) is 10.2 Å². The average molecular weight is 202 g/mol. The van der Waals surface area contributed by atoms with Crippen LogP contribution < -0.4 is 10.6 Å². The van der Waals surface area contributed by atoms with Gasteiger partial charge in [0.2, 0.25) is 0 Å². The minimum Gasteiger partial charge on any atom is -0.397 e. The van der Waals surface area contributed by atoms with Crippen molar-refractivity contribution in [3.63, 3.8) is 0 Å². The molecule has 0 saturated carbocycles. The molecule has 0 bridgehead atoms.